The molecule has 1 amide bonds. The Labute approximate surface area is 186 Å². The Morgan fingerprint density at radius 3 is 2.34 bits per heavy atom. The molecule has 32 heavy (non-hydrogen) atoms. The Balaban J connectivity index is 1.46. The van der Waals surface area contributed by atoms with Crippen LogP contribution in [-0.2, 0) is 14.8 Å². The molecule has 0 spiro atoms. The normalized spacial score (nSPS) is 10.9. The number of hydrogen-bond acceptors (Lipinski definition) is 7. The number of sulfonamides is 1. The maximum Gasteiger partial charge on any atom is 0.264 e. The van der Waals surface area contributed by atoms with Crippen molar-refractivity contribution in [3.63, 3.8) is 0 Å². The van der Waals surface area contributed by atoms with Gasteiger partial charge in [0, 0.05) is 24.0 Å². The summed E-state index contributed by atoms with van der Waals surface area (Å²) < 4.78 is 38.0. The standard InChI is InChI=1S/C22H24N4O5S/c1-16-13-14-23-22(24-16)26-32(28,29)20-11-5-17(6-12-20)25-21(27)4-3-15-31-19-9-7-18(30-2)8-10-19/h5-14H,3-4,15H2,1-2H3,(H,25,27)(H,23,24,26). The van der Waals surface area contributed by atoms with E-state index in [1.165, 1.54) is 30.5 Å². The van der Waals surface area contributed by atoms with E-state index in [4.69, 9.17) is 9.47 Å². The highest BCUT2D eigenvalue weighted by molar-refractivity contribution is 7.92. The number of ether oxygens (including phenoxy) is 2. The monoisotopic (exact) mass is 456 g/mol. The van der Waals surface area contributed by atoms with Crippen molar-refractivity contribution in [3.05, 3.63) is 66.5 Å². The predicted octanol–water partition coefficient (Wildman–Crippen LogP) is 3.39. The lowest BCUT2D eigenvalue weighted by molar-refractivity contribution is -0.116. The molecule has 0 aliphatic carbocycles. The van der Waals surface area contributed by atoms with Crippen molar-refractivity contribution < 1.29 is 22.7 Å². The molecule has 0 radical (unpaired) electrons. The molecule has 0 atom stereocenters. The van der Waals surface area contributed by atoms with Gasteiger partial charge in [-0.05, 0) is 67.9 Å². The Bertz CT molecular complexity index is 1150. The van der Waals surface area contributed by atoms with Gasteiger partial charge in [0.25, 0.3) is 10.0 Å². The maximum atomic E-state index is 12.5. The summed E-state index contributed by atoms with van der Waals surface area (Å²) >= 11 is 0. The fourth-order valence-corrected chi connectivity index (χ4v) is 3.66. The van der Waals surface area contributed by atoms with Gasteiger partial charge in [-0.2, -0.15) is 0 Å². The molecule has 0 saturated carbocycles. The van der Waals surface area contributed by atoms with E-state index in [0.29, 0.717) is 30.2 Å². The van der Waals surface area contributed by atoms with E-state index in [9.17, 15) is 13.2 Å². The molecule has 2 N–H and O–H groups in total. The van der Waals surface area contributed by atoms with Crippen molar-refractivity contribution in [2.75, 3.05) is 23.8 Å². The molecule has 0 unspecified atom stereocenters. The van der Waals surface area contributed by atoms with Crippen LogP contribution >= 0.6 is 0 Å². The minimum Gasteiger partial charge on any atom is -0.497 e. The van der Waals surface area contributed by atoms with Gasteiger partial charge in [0.2, 0.25) is 11.9 Å². The van der Waals surface area contributed by atoms with Crippen molar-refractivity contribution in [2.24, 2.45) is 0 Å². The third-order valence-corrected chi connectivity index (χ3v) is 5.69. The second kappa shape index (κ2) is 10.6. The molecule has 0 aliphatic rings. The van der Waals surface area contributed by atoms with Gasteiger partial charge in [-0.15, -0.1) is 0 Å². The number of rotatable bonds is 10. The van der Waals surface area contributed by atoms with Gasteiger partial charge in [-0.25, -0.2) is 23.1 Å². The van der Waals surface area contributed by atoms with E-state index in [1.807, 2.05) is 0 Å². The van der Waals surface area contributed by atoms with Crippen molar-refractivity contribution in [1.82, 2.24) is 9.97 Å². The van der Waals surface area contributed by atoms with E-state index in [0.717, 1.165) is 5.75 Å². The van der Waals surface area contributed by atoms with E-state index in [-0.39, 0.29) is 23.2 Å². The zero-order chi connectivity index (χ0) is 23.0. The Morgan fingerprint density at radius 1 is 1.00 bits per heavy atom. The zero-order valence-electron chi connectivity index (χ0n) is 17.7. The lowest BCUT2D eigenvalue weighted by atomic mass is 10.2. The number of nitrogens with one attached hydrogen (secondary N) is 2. The highest BCUT2D eigenvalue weighted by Gasteiger charge is 2.16. The first kappa shape index (κ1) is 23.0. The van der Waals surface area contributed by atoms with Crippen LogP contribution in [-0.4, -0.2) is 38.0 Å². The van der Waals surface area contributed by atoms with Gasteiger partial charge < -0.3 is 14.8 Å². The molecule has 1 heterocycles. The first-order valence-corrected chi connectivity index (χ1v) is 11.3. The summed E-state index contributed by atoms with van der Waals surface area (Å²) in [5.41, 5.74) is 1.14. The molecule has 9 nitrogen and oxygen atoms in total. The number of aryl methyl sites for hydroxylation is 1. The molecular weight excluding hydrogens is 432 g/mol. The number of anilines is 2. The zero-order valence-corrected chi connectivity index (χ0v) is 18.6. The number of benzene rings is 2. The fourth-order valence-electron chi connectivity index (χ4n) is 2.71. The largest absolute Gasteiger partial charge is 0.497 e. The Hall–Kier alpha value is -3.66. The number of hydrogen-bond donors (Lipinski definition) is 2. The van der Waals surface area contributed by atoms with Crippen LogP contribution in [0, 0.1) is 6.92 Å². The van der Waals surface area contributed by atoms with E-state index >= 15 is 0 Å². The molecule has 3 aromatic rings. The third kappa shape index (κ3) is 6.67. The van der Waals surface area contributed by atoms with Crippen molar-refractivity contribution in [2.45, 2.75) is 24.7 Å². The predicted molar refractivity (Wildman–Crippen MR) is 120 cm³/mol. The summed E-state index contributed by atoms with van der Waals surface area (Å²) in [6, 6.07) is 14.7. The average Bonchev–Trinajstić information content (AvgIpc) is 2.77. The van der Waals surface area contributed by atoms with E-state index in [2.05, 4.69) is 20.0 Å². The summed E-state index contributed by atoms with van der Waals surface area (Å²) in [4.78, 5) is 20.1. The molecular formula is C22H24N4O5S. The summed E-state index contributed by atoms with van der Waals surface area (Å²) in [5, 5.41) is 2.74. The maximum absolute atomic E-state index is 12.5. The molecule has 0 fully saturated rings. The van der Waals surface area contributed by atoms with Gasteiger partial charge >= 0.3 is 0 Å². The van der Waals surface area contributed by atoms with E-state index in [1.54, 1.807) is 44.4 Å². The van der Waals surface area contributed by atoms with Crippen LogP contribution in [0.4, 0.5) is 11.6 Å². The second-order valence-corrected chi connectivity index (χ2v) is 8.51. The Morgan fingerprint density at radius 2 is 1.69 bits per heavy atom. The van der Waals surface area contributed by atoms with Crippen LogP contribution in [0.2, 0.25) is 0 Å². The first-order chi connectivity index (χ1) is 15.4. The third-order valence-electron chi connectivity index (χ3n) is 4.35. The van der Waals surface area contributed by atoms with Crippen molar-refractivity contribution in [3.8, 4) is 11.5 Å². The van der Waals surface area contributed by atoms with Gasteiger partial charge in [-0.1, -0.05) is 0 Å². The van der Waals surface area contributed by atoms with Crippen molar-refractivity contribution >= 4 is 27.6 Å². The summed E-state index contributed by atoms with van der Waals surface area (Å²) in [6.07, 6.45) is 2.27. The SMILES string of the molecule is COc1ccc(OCCCC(=O)Nc2ccc(S(=O)(=O)Nc3nccc(C)n3)cc2)cc1. The molecule has 0 aliphatic heterocycles. The van der Waals surface area contributed by atoms with Gasteiger partial charge in [0.1, 0.15) is 11.5 Å². The quantitative estimate of drug-likeness (QED) is 0.449. The smallest absolute Gasteiger partial charge is 0.264 e. The molecule has 0 bridgehead atoms. The van der Waals surface area contributed by atoms with Crippen LogP contribution in [0.15, 0.2) is 65.7 Å². The molecule has 0 saturated heterocycles. The average molecular weight is 457 g/mol. The number of methoxy groups -OCH3 is 1. The van der Waals surface area contributed by atoms with Crippen LogP contribution in [0.25, 0.3) is 0 Å². The number of carbonyl (C=O) groups excluding carboxylic acids is 1. The van der Waals surface area contributed by atoms with Gasteiger partial charge in [0.15, 0.2) is 0 Å². The Kier molecular flexibility index (Phi) is 7.61. The van der Waals surface area contributed by atoms with Crippen molar-refractivity contribution in [1.29, 1.82) is 0 Å². The summed E-state index contributed by atoms with van der Waals surface area (Å²) in [5.74, 6) is 1.26. The first-order valence-electron chi connectivity index (χ1n) is 9.85. The fraction of sp³-hybridized carbons (Fsp3) is 0.227. The number of amides is 1. The van der Waals surface area contributed by atoms with Crippen LogP contribution in [0.3, 0.4) is 0 Å². The van der Waals surface area contributed by atoms with Crippen LogP contribution in [0.5, 0.6) is 11.5 Å². The van der Waals surface area contributed by atoms with Crippen LogP contribution < -0.4 is 19.5 Å². The summed E-state index contributed by atoms with van der Waals surface area (Å²) in [7, 11) is -2.24. The lowest BCUT2D eigenvalue weighted by Gasteiger charge is -2.09. The molecule has 1 aromatic heterocycles. The number of aromatic nitrogens is 2. The highest BCUT2D eigenvalue weighted by atomic mass is 32.2. The highest BCUT2D eigenvalue weighted by Crippen LogP contribution is 2.18. The van der Waals surface area contributed by atoms with Crippen LogP contribution in [0.1, 0.15) is 18.5 Å². The number of carbonyl (C=O) groups is 1. The topological polar surface area (TPSA) is 120 Å². The van der Waals surface area contributed by atoms with Gasteiger partial charge in [-0.3, -0.25) is 4.79 Å². The molecule has 10 heteroatoms. The minimum atomic E-state index is -3.84. The summed E-state index contributed by atoms with van der Waals surface area (Å²) in [6.45, 7) is 2.13. The molecule has 3 rings (SSSR count). The minimum absolute atomic E-state index is 0.000705. The lowest BCUT2D eigenvalue weighted by Crippen LogP contribution is -2.16. The molecule has 168 valence electrons. The second-order valence-electron chi connectivity index (χ2n) is 6.83. The molecule has 2 aromatic carbocycles. The van der Waals surface area contributed by atoms with E-state index < -0.39 is 10.0 Å². The van der Waals surface area contributed by atoms with Gasteiger partial charge in [0.05, 0.1) is 18.6 Å². The number of nitrogens with zero attached hydrogens (tertiary/aromatic N) is 2.